The number of likely N-dealkylation sites (tertiary alicyclic amines) is 1. The zero-order chi connectivity index (χ0) is 16.4. The SMILES string of the molecule is CCCCN1CCC(O)(c2ccc(C)c(C(F)(F)P)c2)CC1. The Morgan fingerprint density at radius 2 is 1.95 bits per heavy atom. The molecule has 2 rings (SSSR count). The van der Waals surface area contributed by atoms with Gasteiger partial charge in [0.25, 0.3) is 5.66 Å². The molecule has 1 aromatic rings. The summed E-state index contributed by atoms with van der Waals surface area (Å²) in [5, 5.41) is 10.9. The van der Waals surface area contributed by atoms with Crippen LogP contribution in [-0.4, -0.2) is 29.6 Å². The van der Waals surface area contributed by atoms with Crippen molar-refractivity contribution in [1.29, 1.82) is 0 Å². The summed E-state index contributed by atoms with van der Waals surface area (Å²) in [6.07, 6.45) is 3.51. The molecule has 1 heterocycles. The van der Waals surface area contributed by atoms with Crippen LogP contribution in [0.3, 0.4) is 0 Å². The Morgan fingerprint density at radius 3 is 2.50 bits per heavy atom. The molecule has 0 aliphatic carbocycles. The average molecular weight is 329 g/mol. The van der Waals surface area contributed by atoms with Crippen molar-refractivity contribution in [2.24, 2.45) is 0 Å². The molecule has 5 heteroatoms. The number of hydrogen-bond donors (Lipinski definition) is 1. The van der Waals surface area contributed by atoms with E-state index in [1.54, 1.807) is 28.3 Å². The van der Waals surface area contributed by atoms with Crippen molar-refractivity contribution in [2.75, 3.05) is 19.6 Å². The van der Waals surface area contributed by atoms with E-state index in [2.05, 4.69) is 11.8 Å². The minimum atomic E-state index is -2.96. The number of aliphatic hydroxyl groups is 1. The Morgan fingerprint density at radius 1 is 1.32 bits per heavy atom. The van der Waals surface area contributed by atoms with Crippen LogP contribution >= 0.6 is 9.24 Å². The molecular weight excluding hydrogens is 303 g/mol. The summed E-state index contributed by atoms with van der Waals surface area (Å²) in [5.74, 6) is 0. The predicted octanol–water partition coefficient (Wildman–Crippen LogP) is 4.00. The Hall–Kier alpha value is -0.570. The molecule has 1 aromatic carbocycles. The van der Waals surface area contributed by atoms with Crippen molar-refractivity contribution in [2.45, 2.75) is 50.8 Å². The molecule has 1 N–H and O–H groups in total. The number of hydrogen-bond acceptors (Lipinski definition) is 2. The minimum Gasteiger partial charge on any atom is -0.385 e. The van der Waals surface area contributed by atoms with Crippen LogP contribution in [-0.2, 0) is 11.3 Å². The van der Waals surface area contributed by atoms with E-state index in [9.17, 15) is 13.9 Å². The predicted molar refractivity (Wildman–Crippen MR) is 89.3 cm³/mol. The third-order valence-electron chi connectivity index (χ3n) is 4.65. The van der Waals surface area contributed by atoms with Gasteiger partial charge in [-0.15, -0.1) is 0 Å². The fourth-order valence-corrected chi connectivity index (χ4v) is 3.40. The first-order valence-electron chi connectivity index (χ1n) is 7.99. The molecule has 0 amide bonds. The Labute approximate surface area is 134 Å². The first kappa shape index (κ1) is 17.8. The van der Waals surface area contributed by atoms with Gasteiger partial charge in [-0.05, 0) is 49.9 Å². The van der Waals surface area contributed by atoms with Crippen LogP contribution in [0.5, 0.6) is 0 Å². The van der Waals surface area contributed by atoms with Gasteiger partial charge in [0.05, 0.1) is 5.60 Å². The average Bonchev–Trinajstić information content (AvgIpc) is 2.46. The van der Waals surface area contributed by atoms with Gasteiger partial charge in [0, 0.05) is 18.7 Å². The highest BCUT2D eigenvalue weighted by atomic mass is 31.0. The number of rotatable bonds is 5. The number of unbranched alkanes of at least 4 members (excludes halogenated alkanes) is 1. The summed E-state index contributed by atoms with van der Waals surface area (Å²) in [4.78, 5) is 2.34. The summed E-state index contributed by atoms with van der Waals surface area (Å²) in [7, 11) is 1.59. The fraction of sp³-hybridized carbons (Fsp3) is 0.647. The second kappa shape index (κ2) is 6.90. The third kappa shape index (κ3) is 4.04. The highest BCUT2D eigenvalue weighted by molar-refractivity contribution is 7.17. The number of piperidine rings is 1. The van der Waals surface area contributed by atoms with Crippen LogP contribution in [0.25, 0.3) is 0 Å². The van der Waals surface area contributed by atoms with Crippen molar-refractivity contribution >= 4 is 9.24 Å². The molecule has 1 fully saturated rings. The number of nitrogens with zero attached hydrogens (tertiary/aromatic N) is 1. The fourth-order valence-electron chi connectivity index (χ4n) is 3.09. The third-order valence-corrected chi connectivity index (χ3v) is 4.96. The normalized spacial score (nSPS) is 19.4. The zero-order valence-electron chi connectivity index (χ0n) is 13.4. The van der Waals surface area contributed by atoms with Gasteiger partial charge in [0.1, 0.15) is 0 Å². The smallest absolute Gasteiger partial charge is 0.284 e. The molecule has 1 unspecified atom stereocenters. The van der Waals surface area contributed by atoms with E-state index in [-0.39, 0.29) is 5.56 Å². The number of halogens is 2. The summed E-state index contributed by atoms with van der Waals surface area (Å²) in [6.45, 7) is 6.52. The van der Waals surface area contributed by atoms with E-state index in [1.165, 1.54) is 6.07 Å². The van der Waals surface area contributed by atoms with Crippen LogP contribution in [0.15, 0.2) is 18.2 Å². The molecule has 0 spiro atoms. The lowest BCUT2D eigenvalue weighted by Crippen LogP contribution is -2.43. The highest BCUT2D eigenvalue weighted by Crippen LogP contribution is 2.40. The van der Waals surface area contributed by atoms with Gasteiger partial charge in [-0.2, -0.15) is 8.78 Å². The molecule has 22 heavy (non-hydrogen) atoms. The molecule has 1 aliphatic rings. The quantitative estimate of drug-likeness (QED) is 0.825. The van der Waals surface area contributed by atoms with Gasteiger partial charge >= 0.3 is 0 Å². The molecule has 0 radical (unpaired) electrons. The molecule has 0 bridgehead atoms. The first-order chi connectivity index (χ1) is 10.3. The zero-order valence-corrected chi connectivity index (χ0v) is 14.6. The van der Waals surface area contributed by atoms with E-state index < -0.39 is 11.3 Å². The number of aryl methyl sites for hydroxylation is 1. The number of alkyl halides is 2. The molecule has 0 saturated carbocycles. The van der Waals surface area contributed by atoms with E-state index >= 15 is 0 Å². The molecule has 1 aliphatic heterocycles. The van der Waals surface area contributed by atoms with Crippen molar-refractivity contribution < 1.29 is 13.9 Å². The van der Waals surface area contributed by atoms with E-state index in [0.29, 0.717) is 24.0 Å². The second-order valence-corrected chi connectivity index (χ2v) is 7.10. The van der Waals surface area contributed by atoms with Crippen LogP contribution in [0.4, 0.5) is 8.78 Å². The Bertz CT molecular complexity index is 508. The standard InChI is InChI=1S/C17H26F2NOP/c1-3-4-9-20-10-7-16(21,8-11-20)14-6-5-13(2)15(12-14)17(18,19)22/h5-6,12,21H,3-4,7-11,22H2,1-2H3. The topological polar surface area (TPSA) is 23.5 Å². The molecular formula is C17H26F2NOP. The van der Waals surface area contributed by atoms with Crippen LogP contribution in [0, 0.1) is 6.92 Å². The maximum Gasteiger partial charge on any atom is 0.284 e. The van der Waals surface area contributed by atoms with Crippen molar-refractivity contribution in [3.63, 3.8) is 0 Å². The van der Waals surface area contributed by atoms with Gasteiger partial charge in [-0.1, -0.05) is 34.7 Å². The molecule has 1 saturated heterocycles. The van der Waals surface area contributed by atoms with Gasteiger partial charge in [0.2, 0.25) is 0 Å². The molecule has 1 atom stereocenters. The maximum atomic E-state index is 13.7. The number of benzene rings is 1. The second-order valence-electron chi connectivity index (χ2n) is 6.38. The molecule has 2 nitrogen and oxygen atoms in total. The first-order valence-corrected chi connectivity index (χ1v) is 8.57. The summed E-state index contributed by atoms with van der Waals surface area (Å²) >= 11 is 0. The lowest BCUT2D eigenvalue weighted by molar-refractivity contribution is -0.0263. The van der Waals surface area contributed by atoms with Gasteiger partial charge in [-0.25, -0.2) is 0 Å². The Kier molecular flexibility index (Phi) is 5.58. The highest BCUT2D eigenvalue weighted by Gasteiger charge is 2.36. The molecule has 124 valence electrons. The summed E-state index contributed by atoms with van der Waals surface area (Å²) < 4.78 is 27.3. The van der Waals surface area contributed by atoms with Gasteiger partial charge in [-0.3, -0.25) is 0 Å². The minimum absolute atomic E-state index is 0.0168. The largest absolute Gasteiger partial charge is 0.385 e. The van der Waals surface area contributed by atoms with Crippen LogP contribution in [0.2, 0.25) is 0 Å². The lowest BCUT2D eigenvalue weighted by atomic mass is 9.83. The molecule has 0 aromatic heterocycles. The lowest BCUT2D eigenvalue weighted by Gasteiger charge is -2.39. The van der Waals surface area contributed by atoms with E-state index in [1.807, 2.05) is 0 Å². The van der Waals surface area contributed by atoms with Crippen molar-refractivity contribution in [3.05, 3.63) is 34.9 Å². The van der Waals surface area contributed by atoms with Crippen LogP contribution in [0.1, 0.15) is 49.3 Å². The maximum absolute atomic E-state index is 13.7. The van der Waals surface area contributed by atoms with Gasteiger partial charge < -0.3 is 10.0 Å². The summed E-state index contributed by atoms with van der Waals surface area (Å²) in [6, 6.07) is 4.95. The van der Waals surface area contributed by atoms with E-state index in [0.717, 1.165) is 32.5 Å². The van der Waals surface area contributed by atoms with Crippen molar-refractivity contribution in [3.8, 4) is 0 Å². The van der Waals surface area contributed by atoms with Crippen LogP contribution < -0.4 is 0 Å². The van der Waals surface area contributed by atoms with E-state index in [4.69, 9.17) is 0 Å². The van der Waals surface area contributed by atoms with Gasteiger partial charge in [0.15, 0.2) is 0 Å². The summed E-state index contributed by atoms with van der Waals surface area (Å²) in [5.41, 5.74) is -2.80. The van der Waals surface area contributed by atoms with Crippen molar-refractivity contribution in [1.82, 2.24) is 4.90 Å². The Balaban J connectivity index is 2.15. The monoisotopic (exact) mass is 329 g/mol.